The van der Waals surface area contributed by atoms with E-state index in [4.69, 9.17) is 5.73 Å². The first-order valence-electron chi connectivity index (χ1n) is 6.90. The van der Waals surface area contributed by atoms with Crippen LogP contribution in [0.1, 0.15) is 43.7 Å². The highest BCUT2D eigenvalue weighted by atomic mass is 16.3. The lowest BCUT2D eigenvalue weighted by Gasteiger charge is -2.37. The summed E-state index contributed by atoms with van der Waals surface area (Å²) in [5.41, 5.74) is 6.30. The minimum atomic E-state index is -0.674. The Morgan fingerprint density at radius 2 is 1.89 bits per heavy atom. The van der Waals surface area contributed by atoms with Crippen molar-refractivity contribution in [3.8, 4) is 0 Å². The van der Waals surface area contributed by atoms with Crippen LogP contribution in [0.15, 0.2) is 30.3 Å². The Morgan fingerprint density at radius 1 is 1.26 bits per heavy atom. The number of benzene rings is 1. The van der Waals surface area contributed by atoms with Gasteiger partial charge >= 0.3 is 0 Å². The van der Waals surface area contributed by atoms with Gasteiger partial charge in [0, 0.05) is 0 Å². The largest absolute Gasteiger partial charge is 0.394 e. The zero-order chi connectivity index (χ0) is 13.7. The van der Waals surface area contributed by atoms with E-state index in [2.05, 4.69) is 5.32 Å². The molecule has 4 heteroatoms. The Morgan fingerprint density at radius 3 is 2.47 bits per heavy atom. The number of carbonyl (C=O) groups is 1. The molecule has 1 amide bonds. The Kier molecular flexibility index (Phi) is 4.56. The first-order chi connectivity index (χ1) is 9.17. The van der Waals surface area contributed by atoms with Gasteiger partial charge in [0.1, 0.15) is 6.04 Å². The molecule has 1 fully saturated rings. The molecule has 0 saturated heterocycles. The van der Waals surface area contributed by atoms with Crippen LogP contribution < -0.4 is 11.1 Å². The molecule has 2 rings (SSSR count). The van der Waals surface area contributed by atoms with Crippen LogP contribution in [0.4, 0.5) is 0 Å². The Bertz CT molecular complexity index is 413. The van der Waals surface area contributed by atoms with Crippen molar-refractivity contribution < 1.29 is 9.90 Å². The zero-order valence-electron chi connectivity index (χ0n) is 11.1. The molecule has 0 aliphatic heterocycles. The van der Waals surface area contributed by atoms with Gasteiger partial charge in [-0.2, -0.15) is 0 Å². The Labute approximate surface area is 114 Å². The molecule has 1 aliphatic rings. The van der Waals surface area contributed by atoms with Crippen LogP contribution in [0.5, 0.6) is 0 Å². The first kappa shape index (κ1) is 14.0. The Hall–Kier alpha value is -1.39. The topological polar surface area (TPSA) is 75.4 Å². The summed E-state index contributed by atoms with van der Waals surface area (Å²) in [4.78, 5) is 12.2. The minimum Gasteiger partial charge on any atom is -0.394 e. The fourth-order valence-electron chi connectivity index (χ4n) is 2.70. The average molecular weight is 262 g/mol. The number of hydrogen-bond acceptors (Lipinski definition) is 3. The molecule has 1 aliphatic carbocycles. The van der Waals surface area contributed by atoms with Gasteiger partial charge in [-0.1, -0.05) is 49.6 Å². The molecule has 0 heterocycles. The molecule has 0 aromatic heterocycles. The molecule has 4 N–H and O–H groups in total. The van der Waals surface area contributed by atoms with Crippen molar-refractivity contribution in [1.82, 2.24) is 5.32 Å². The second-order valence-electron chi connectivity index (χ2n) is 5.38. The molecule has 1 saturated carbocycles. The maximum Gasteiger partial charge on any atom is 0.242 e. The van der Waals surface area contributed by atoms with Crippen molar-refractivity contribution in [2.24, 2.45) is 5.73 Å². The van der Waals surface area contributed by atoms with E-state index in [-0.39, 0.29) is 12.5 Å². The van der Waals surface area contributed by atoms with Crippen LogP contribution in [0.3, 0.4) is 0 Å². The fourth-order valence-corrected chi connectivity index (χ4v) is 2.70. The number of nitrogens with two attached hydrogens (primary N) is 1. The molecule has 1 aromatic rings. The molecule has 0 unspecified atom stereocenters. The van der Waals surface area contributed by atoms with Gasteiger partial charge in [-0.3, -0.25) is 4.79 Å². The molecule has 0 bridgehead atoms. The number of amides is 1. The standard InChI is InChI=1S/C15H22N2O2/c16-13(12-7-3-1-4-8-12)14(19)17-15(11-18)9-5-2-6-10-15/h1,3-4,7-8,13,18H,2,5-6,9-11,16H2,(H,17,19)/t13-/m1/s1. The molecule has 19 heavy (non-hydrogen) atoms. The number of carbonyl (C=O) groups excluding carboxylic acids is 1. The fraction of sp³-hybridized carbons (Fsp3) is 0.533. The van der Waals surface area contributed by atoms with Crippen LogP contribution in [0.25, 0.3) is 0 Å². The smallest absolute Gasteiger partial charge is 0.242 e. The maximum absolute atomic E-state index is 12.2. The van der Waals surface area contributed by atoms with E-state index in [0.717, 1.165) is 31.2 Å². The number of hydrogen-bond donors (Lipinski definition) is 3. The van der Waals surface area contributed by atoms with E-state index in [9.17, 15) is 9.90 Å². The third-order valence-corrected chi connectivity index (χ3v) is 3.94. The lowest BCUT2D eigenvalue weighted by molar-refractivity contribution is -0.125. The van der Waals surface area contributed by atoms with Crippen molar-refractivity contribution in [3.05, 3.63) is 35.9 Å². The molecule has 0 spiro atoms. The van der Waals surface area contributed by atoms with Crippen LogP contribution in [-0.2, 0) is 4.79 Å². The third kappa shape index (κ3) is 3.33. The van der Waals surface area contributed by atoms with Crippen LogP contribution in [0.2, 0.25) is 0 Å². The number of aliphatic hydroxyl groups is 1. The lowest BCUT2D eigenvalue weighted by atomic mass is 9.82. The molecule has 1 atom stereocenters. The van der Waals surface area contributed by atoms with E-state index in [1.54, 1.807) is 0 Å². The normalized spacial score (nSPS) is 19.7. The average Bonchev–Trinajstić information content (AvgIpc) is 2.48. The number of nitrogens with one attached hydrogen (secondary N) is 1. The summed E-state index contributed by atoms with van der Waals surface area (Å²) in [6.45, 7) is -0.0136. The van der Waals surface area contributed by atoms with E-state index in [0.29, 0.717) is 0 Å². The van der Waals surface area contributed by atoms with E-state index >= 15 is 0 Å². The van der Waals surface area contributed by atoms with Crippen LogP contribution in [0, 0.1) is 0 Å². The molecule has 1 aromatic carbocycles. The molecule has 4 nitrogen and oxygen atoms in total. The predicted molar refractivity (Wildman–Crippen MR) is 74.4 cm³/mol. The summed E-state index contributed by atoms with van der Waals surface area (Å²) >= 11 is 0. The quantitative estimate of drug-likeness (QED) is 0.769. The summed E-state index contributed by atoms with van der Waals surface area (Å²) in [6, 6.07) is 8.64. The summed E-state index contributed by atoms with van der Waals surface area (Å²) in [6.07, 6.45) is 4.92. The van der Waals surface area contributed by atoms with E-state index < -0.39 is 11.6 Å². The first-order valence-corrected chi connectivity index (χ1v) is 6.90. The van der Waals surface area contributed by atoms with Gasteiger partial charge in [-0.15, -0.1) is 0 Å². The van der Waals surface area contributed by atoms with Gasteiger partial charge in [0.2, 0.25) is 5.91 Å². The van der Waals surface area contributed by atoms with Crippen molar-refractivity contribution in [2.45, 2.75) is 43.7 Å². The molecular formula is C15H22N2O2. The van der Waals surface area contributed by atoms with Gasteiger partial charge in [-0.25, -0.2) is 0 Å². The predicted octanol–water partition coefficient (Wildman–Crippen LogP) is 1.50. The van der Waals surface area contributed by atoms with Crippen LogP contribution >= 0.6 is 0 Å². The van der Waals surface area contributed by atoms with Gasteiger partial charge in [-0.05, 0) is 18.4 Å². The van der Waals surface area contributed by atoms with E-state index in [1.807, 2.05) is 30.3 Å². The van der Waals surface area contributed by atoms with Crippen molar-refractivity contribution in [2.75, 3.05) is 6.61 Å². The lowest BCUT2D eigenvalue weighted by Crippen LogP contribution is -2.54. The second kappa shape index (κ2) is 6.17. The minimum absolute atomic E-state index is 0.0136. The van der Waals surface area contributed by atoms with Gasteiger partial charge in [0.25, 0.3) is 0 Å². The van der Waals surface area contributed by atoms with Gasteiger partial charge < -0.3 is 16.2 Å². The summed E-state index contributed by atoms with van der Waals surface area (Å²) in [5, 5.41) is 12.6. The number of rotatable bonds is 4. The molecule has 0 radical (unpaired) electrons. The highest BCUT2D eigenvalue weighted by molar-refractivity contribution is 5.83. The van der Waals surface area contributed by atoms with E-state index in [1.165, 1.54) is 6.42 Å². The van der Waals surface area contributed by atoms with Crippen molar-refractivity contribution in [3.63, 3.8) is 0 Å². The van der Waals surface area contributed by atoms with Crippen molar-refractivity contribution in [1.29, 1.82) is 0 Å². The molecular weight excluding hydrogens is 240 g/mol. The monoisotopic (exact) mass is 262 g/mol. The summed E-state index contributed by atoms with van der Waals surface area (Å²) < 4.78 is 0. The highest BCUT2D eigenvalue weighted by Crippen LogP contribution is 2.28. The SMILES string of the molecule is N[C@@H](C(=O)NC1(CO)CCCCC1)c1ccccc1. The third-order valence-electron chi connectivity index (χ3n) is 3.94. The summed E-state index contributed by atoms with van der Waals surface area (Å²) in [7, 11) is 0. The highest BCUT2D eigenvalue weighted by Gasteiger charge is 2.34. The van der Waals surface area contributed by atoms with Gasteiger partial charge in [0.05, 0.1) is 12.1 Å². The second-order valence-corrected chi connectivity index (χ2v) is 5.38. The summed E-state index contributed by atoms with van der Waals surface area (Å²) in [5.74, 6) is -0.206. The van der Waals surface area contributed by atoms with Crippen molar-refractivity contribution >= 4 is 5.91 Å². The zero-order valence-corrected chi connectivity index (χ0v) is 11.1. The Balaban J connectivity index is 2.03. The number of aliphatic hydroxyl groups excluding tert-OH is 1. The molecule has 104 valence electrons. The maximum atomic E-state index is 12.2. The van der Waals surface area contributed by atoms with Crippen LogP contribution in [-0.4, -0.2) is 23.2 Å². The van der Waals surface area contributed by atoms with Gasteiger partial charge in [0.15, 0.2) is 0 Å².